The molecule has 3 aromatic carbocycles. The largest absolute Gasteiger partial charge is 0.497 e. The van der Waals surface area contributed by atoms with Gasteiger partial charge in [-0.1, -0.05) is 36.4 Å². The lowest BCUT2D eigenvalue weighted by Gasteiger charge is -2.12. The Labute approximate surface area is 167 Å². The van der Waals surface area contributed by atoms with Gasteiger partial charge in [-0.2, -0.15) is 5.26 Å². The molecule has 0 saturated heterocycles. The molecule has 0 fully saturated rings. The Morgan fingerprint density at radius 2 is 1.66 bits per heavy atom. The van der Waals surface area contributed by atoms with Gasteiger partial charge in [-0.05, 0) is 48.0 Å². The summed E-state index contributed by atoms with van der Waals surface area (Å²) in [6, 6.07) is 21.4. The molecule has 1 amide bonds. The van der Waals surface area contributed by atoms with Crippen LogP contribution in [0, 0.1) is 17.1 Å². The van der Waals surface area contributed by atoms with Crippen LogP contribution in [0.1, 0.15) is 5.56 Å². The fourth-order valence-electron chi connectivity index (χ4n) is 2.51. The van der Waals surface area contributed by atoms with Gasteiger partial charge >= 0.3 is 0 Å². The molecule has 0 aliphatic carbocycles. The van der Waals surface area contributed by atoms with Crippen LogP contribution in [0.15, 0.2) is 78.4 Å². The van der Waals surface area contributed by atoms with Crippen molar-refractivity contribution < 1.29 is 18.7 Å². The Bertz CT molecular complexity index is 1090. The van der Waals surface area contributed by atoms with Crippen LogP contribution in [0.2, 0.25) is 0 Å². The van der Waals surface area contributed by atoms with Gasteiger partial charge in [-0.3, -0.25) is 4.79 Å². The number of nitrogens with one attached hydrogen (secondary N) is 1. The Balaban J connectivity index is 1.81. The van der Waals surface area contributed by atoms with E-state index < -0.39 is 11.7 Å². The molecule has 0 heterocycles. The number of carbonyl (C=O) groups is 1. The highest BCUT2D eigenvalue weighted by molar-refractivity contribution is 6.10. The average Bonchev–Trinajstić information content (AvgIpc) is 2.75. The van der Waals surface area contributed by atoms with Crippen LogP contribution in [-0.4, -0.2) is 13.0 Å². The lowest BCUT2D eigenvalue weighted by molar-refractivity contribution is -0.112. The molecule has 0 bridgehead atoms. The van der Waals surface area contributed by atoms with Crippen molar-refractivity contribution in [2.45, 2.75) is 0 Å². The van der Waals surface area contributed by atoms with E-state index in [4.69, 9.17) is 9.47 Å². The maximum atomic E-state index is 13.9. The Kier molecular flexibility index (Phi) is 6.23. The number of para-hydroxylation sites is 3. The third-order valence-electron chi connectivity index (χ3n) is 3.98. The summed E-state index contributed by atoms with van der Waals surface area (Å²) in [6.07, 6.45) is 1.47. The number of nitrogens with zero attached hydrogens (tertiary/aromatic N) is 1. The van der Waals surface area contributed by atoms with Gasteiger partial charge < -0.3 is 14.8 Å². The van der Waals surface area contributed by atoms with Gasteiger partial charge in [0.05, 0.1) is 12.8 Å². The first-order valence-electron chi connectivity index (χ1n) is 8.69. The Hall–Kier alpha value is -4.11. The molecule has 6 heteroatoms. The third-order valence-corrected chi connectivity index (χ3v) is 3.98. The van der Waals surface area contributed by atoms with Gasteiger partial charge in [0.25, 0.3) is 5.91 Å². The van der Waals surface area contributed by atoms with E-state index in [0.717, 1.165) is 0 Å². The van der Waals surface area contributed by atoms with Crippen LogP contribution >= 0.6 is 0 Å². The minimum atomic E-state index is -0.604. The molecule has 144 valence electrons. The number of carbonyl (C=O) groups excluding carboxylic acids is 1. The van der Waals surface area contributed by atoms with Gasteiger partial charge in [0.15, 0.2) is 17.3 Å². The molecule has 0 spiro atoms. The Morgan fingerprint density at radius 1 is 1.00 bits per heavy atom. The zero-order valence-corrected chi connectivity index (χ0v) is 15.6. The molecule has 1 N–H and O–H groups in total. The topological polar surface area (TPSA) is 71.3 Å². The molecule has 0 atom stereocenters. The highest BCUT2D eigenvalue weighted by Gasteiger charge is 2.14. The van der Waals surface area contributed by atoms with Crippen LogP contribution in [-0.2, 0) is 4.79 Å². The summed E-state index contributed by atoms with van der Waals surface area (Å²) in [7, 11) is 1.56. The molecule has 0 saturated carbocycles. The molecule has 3 aromatic rings. The maximum Gasteiger partial charge on any atom is 0.266 e. The number of hydrogen-bond donors (Lipinski definition) is 1. The fraction of sp³-hybridized carbons (Fsp3) is 0.0435. The van der Waals surface area contributed by atoms with Crippen LogP contribution < -0.4 is 14.8 Å². The summed E-state index contributed by atoms with van der Waals surface area (Å²) in [5, 5.41) is 12.0. The molecular weight excluding hydrogens is 371 g/mol. The molecule has 0 unspecified atom stereocenters. The number of benzene rings is 3. The summed E-state index contributed by atoms with van der Waals surface area (Å²) in [5.74, 6) is -0.167. The second-order valence-electron chi connectivity index (χ2n) is 5.93. The predicted molar refractivity (Wildman–Crippen MR) is 108 cm³/mol. The summed E-state index contributed by atoms with van der Waals surface area (Å²) >= 11 is 0. The highest BCUT2D eigenvalue weighted by atomic mass is 19.1. The number of hydrogen-bond acceptors (Lipinski definition) is 4. The van der Waals surface area contributed by atoms with E-state index in [9.17, 15) is 14.4 Å². The first-order chi connectivity index (χ1) is 14.1. The number of rotatable bonds is 6. The maximum absolute atomic E-state index is 13.9. The average molecular weight is 388 g/mol. The monoisotopic (exact) mass is 388 g/mol. The van der Waals surface area contributed by atoms with Crippen LogP contribution in [0.25, 0.3) is 6.08 Å². The molecule has 3 rings (SSSR count). The van der Waals surface area contributed by atoms with Crippen molar-refractivity contribution in [3.8, 4) is 23.3 Å². The summed E-state index contributed by atoms with van der Waals surface area (Å²) < 4.78 is 24.6. The first kappa shape index (κ1) is 19.6. The molecule has 0 aliphatic heterocycles. The van der Waals surface area contributed by atoms with Gasteiger partial charge in [-0.15, -0.1) is 0 Å². The van der Waals surface area contributed by atoms with Crippen molar-refractivity contribution in [2.75, 3.05) is 12.4 Å². The van der Waals surface area contributed by atoms with E-state index in [-0.39, 0.29) is 17.1 Å². The second kappa shape index (κ2) is 9.20. The van der Waals surface area contributed by atoms with Crippen molar-refractivity contribution in [3.05, 3.63) is 89.8 Å². The molecule has 0 radical (unpaired) electrons. The number of halogens is 1. The fourth-order valence-corrected chi connectivity index (χ4v) is 2.51. The van der Waals surface area contributed by atoms with E-state index in [1.54, 1.807) is 67.8 Å². The standard InChI is InChI=1S/C23H17FN2O3/c1-28-18-12-10-16(11-13-18)14-17(15-25)23(27)26-20-7-3-5-9-22(20)29-21-8-4-2-6-19(21)24/h2-14H,1H3,(H,26,27)/b17-14+. The lowest BCUT2D eigenvalue weighted by Crippen LogP contribution is -2.14. The quantitative estimate of drug-likeness (QED) is 0.467. The highest BCUT2D eigenvalue weighted by Crippen LogP contribution is 2.31. The third kappa shape index (κ3) is 4.99. The molecule has 0 aliphatic rings. The van der Waals surface area contributed by atoms with Crippen molar-refractivity contribution >= 4 is 17.7 Å². The molecular formula is C23H17FN2O3. The van der Waals surface area contributed by atoms with E-state index in [0.29, 0.717) is 17.0 Å². The summed E-state index contributed by atoms with van der Waals surface area (Å²) in [5.41, 5.74) is 0.904. The second-order valence-corrected chi connectivity index (χ2v) is 5.93. The minimum Gasteiger partial charge on any atom is -0.497 e. The summed E-state index contributed by atoms with van der Waals surface area (Å²) in [4.78, 5) is 12.6. The lowest BCUT2D eigenvalue weighted by atomic mass is 10.1. The number of ether oxygens (including phenoxy) is 2. The first-order valence-corrected chi connectivity index (χ1v) is 8.69. The number of nitriles is 1. The van der Waals surface area contributed by atoms with Crippen molar-refractivity contribution in [3.63, 3.8) is 0 Å². The smallest absolute Gasteiger partial charge is 0.266 e. The minimum absolute atomic E-state index is 0.0310. The van der Waals surface area contributed by atoms with Gasteiger partial charge in [0, 0.05) is 0 Å². The van der Waals surface area contributed by atoms with Crippen molar-refractivity contribution in [1.29, 1.82) is 5.26 Å². The van der Waals surface area contributed by atoms with E-state index in [1.165, 1.54) is 18.2 Å². The van der Waals surface area contributed by atoms with Crippen LogP contribution in [0.5, 0.6) is 17.2 Å². The van der Waals surface area contributed by atoms with E-state index in [1.807, 2.05) is 6.07 Å². The van der Waals surface area contributed by atoms with Crippen LogP contribution in [0.4, 0.5) is 10.1 Å². The molecule has 0 aromatic heterocycles. The van der Waals surface area contributed by atoms with Gasteiger partial charge in [-0.25, -0.2) is 4.39 Å². The SMILES string of the molecule is COc1ccc(/C=C(\C#N)C(=O)Nc2ccccc2Oc2ccccc2F)cc1. The van der Waals surface area contributed by atoms with E-state index >= 15 is 0 Å². The van der Waals surface area contributed by atoms with E-state index in [2.05, 4.69) is 5.32 Å². The van der Waals surface area contributed by atoms with Crippen molar-refractivity contribution in [1.82, 2.24) is 0 Å². The zero-order valence-electron chi connectivity index (χ0n) is 15.6. The molecule has 5 nitrogen and oxygen atoms in total. The zero-order chi connectivity index (χ0) is 20.6. The molecule has 29 heavy (non-hydrogen) atoms. The van der Waals surface area contributed by atoms with Crippen LogP contribution in [0.3, 0.4) is 0 Å². The number of anilines is 1. The van der Waals surface area contributed by atoms with Gasteiger partial charge in [0.2, 0.25) is 0 Å². The number of amides is 1. The van der Waals surface area contributed by atoms with Crippen molar-refractivity contribution in [2.24, 2.45) is 0 Å². The predicted octanol–water partition coefficient (Wildman–Crippen LogP) is 5.17. The number of methoxy groups -OCH3 is 1. The van der Waals surface area contributed by atoms with Gasteiger partial charge in [0.1, 0.15) is 17.4 Å². The normalized spacial score (nSPS) is 10.7. The Morgan fingerprint density at radius 3 is 2.31 bits per heavy atom. The summed E-state index contributed by atoms with van der Waals surface area (Å²) in [6.45, 7) is 0.